The minimum absolute atomic E-state index is 0.0477. The van der Waals surface area contributed by atoms with E-state index in [9.17, 15) is 4.79 Å². The normalized spacial score (nSPS) is 12.2. The van der Waals surface area contributed by atoms with E-state index in [1.165, 1.54) is 19.3 Å². The van der Waals surface area contributed by atoms with Crippen molar-refractivity contribution in [2.45, 2.75) is 45.1 Å². The first-order chi connectivity index (χ1) is 10.2. The van der Waals surface area contributed by atoms with Crippen molar-refractivity contribution in [3.05, 3.63) is 29.3 Å². The van der Waals surface area contributed by atoms with Crippen LogP contribution < -0.4 is 4.74 Å². The molecular weight excluding hydrogens is 288 g/mol. The Morgan fingerprint density at radius 2 is 2.00 bits per heavy atom. The molecular formula is C17H25ClO3. The van der Waals surface area contributed by atoms with Crippen molar-refractivity contribution in [2.24, 2.45) is 0 Å². The van der Waals surface area contributed by atoms with Gasteiger partial charge in [-0.05, 0) is 12.5 Å². The predicted molar refractivity (Wildman–Crippen MR) is 86.6 cm³/mol. The highest BCUT2D eigenvalue weighted by Crippen LogP contribution is 2.34. The van der Waals surface area contributed by atoms with Crippen molar-refractivity contribution in [3.8, 4) is 5.75 Å². The van der Waals surface area contributed by atoms with Crippen molar-refractivity contribution in [1.29, 1.82) is 0 Å². The topological polar surface area (TPSA) is 35.5 Å². The lowest BCUT2D eigenvalue weighted by atomic mass is 9.98. The molecule has 0 bridgehead atoms. The number of ketones is 1. The summed E-state index contributed by atoms with van der Waals surface area (Å²) in [5.41, 5.74) is 1.45. The summed E-state index contributed by atoms with van der Waals surface area (Å²) in [6.07, 6.45) is 5.60. The Balaban J connectivity index is 2.95. The molecule has 4 heteroatoms. The number of unbranched alkanes of at least 4 members (excludes halogenated alkanes) is 3. The first-order valence-electron chi connectivity index (χ1n) is 7.48. The summed E-state index contributed by atoms with van der Waals surface area (Å²) in [6.45, 7) is 2.19. The summed E-state index contributed by atoms with van der Waals surface area (Å²) in [5, 5.41) is 0. The van der Waals surface area contributed by atoms with Gasteiger partial charge in [0, 0.05) is 12.7 Å². The Kier molecular flexibility index (Phi) is 8.40. The van der Waals surface area contributed by atoms with Gasteiger partial charge in [0.05, 0.1) is 24.7 Å². The molecule has 0 N–H and O–H groups in total. The molecule has 0 aliphatic rings. The monoisotopic (exact) mass is 312 g/mol. The first-order valence-corrected chi connectivity index (χ1v) is 8.01. The van der Waals surface area contributed by atoms with E-state index in [2.05, 4.69) is 6.92 Å². The maximum absolute atomic E-state index is 11.9. The Bertz CT molecular complexity index is 446. The number of benzene rings is 1. The third-order valence-corrected chi connectivity index (χ3v) is 3.87. The van der Waals surface area contributed by atoms with E-state index in [0.29, 0.717) is 11.3 Å². The highest BCUT2D eigenvalue weighted by molar-refractivity contribution is 6.30. The molecule has 3 nitrogen and oxygen atoms in total. The summed E-state index contributed by atoms with van der Waals surface area (Å²) >= 11 is 5.66. The Labute approximate surface area is 132 Å². The largest absolute Gasteiger partial charge is 0.496 e. The molecule has 0 aliphatic carbocycles. The van der Waals surface area contributed by atoms with E-state index in [1.54, 1.807) is 20.3 Å². The molecule has 1 rings (SSSR count). The standard InChI is InChI=1S/C17H25ClO3/c1-4-5-6-7-11-16(20-2)14-10-8-9-13(15(19)12-18)17(14)21-3/h8-10,16H,4-7,11-12H2,1-3H3/t16-/m0/s1. The molecule has 0 saturated heterocycles. The molecule has 1 aromatic rings. The van der Waals surface area contributed by atoms with Crippen LogP contribution in [0.4, 0.5) is 0 Å². The van der Waals surface area contributed by atoms with Gasteiger partial charge in [0.25, 0.3) is 0 Å². The van der Waals surface area contributed by atoms with E-state index >= 15 is 0 Å². The summed E-state index contributed by atoms with van der Waals surface area (Å²) < 4.78 is 11.1. The number of alkyl halides is 1. The lowest BCUT2D eigenvalue weighted by Crippen LogP contribution is -2.09. The fourth-order valence-corrected chi connectivity index (χ4v) is 2.63. The molecule has 0 aliphatic heterocycles. The maximum Gasteiger partial charge on any atom is 0.181 e. The average molecular weight is 313 g/mol. The van der Waals surface area contributed by atoms with E-state index in [1.807, 2.05) is 12.1 Å². The fraction of sp³-hybridized carbons (Fsp3) is 0.588. The number of Topliss-reactive ketones (excluding diaryl/α,β-unsaturated/α-hetero) is 1. The molecule has 0 radical (unpaired) electrons. The zero-order chi connectivity index (χ0) is 15.7. The number of methoxy groups -OCH3 is 2. The summed E-state index contributed by atoms with van der Waals surface area (Å²) in [6, 6.07) is 5.56. The zero-order valence-corrected chi connectivity index (χ0v) is 13.9. The van der Waals surface area contributed by atoms with Crippen LogP contribution >= 0.6 is 11.6 Å². The van der Waals surface area contributed by atoms with Gasteiger partial charge >= 0.3 is 0 Å². The van der Waals surface area contributed by atoms with Crippen LogP contribution in [0.1, 0.15) is 61.1 Å². The van der Waals surface area contributed by atoms with E-state index in [0.717, 1.165) is 18.4 Å². The van der Waals surface area contributed by atoms with Crippen LogP contribution in [-0.4, -0.2) is 25.9 Å². The van der Waals surface area contributed by atoms with Gasteiger partial charge in [0.1, 0.15) is 5.75 Å². The van der Waals surface area contributed by atoms with Crippen LogP contribution in [0.15, 0.2) is 18.2 Å². The van der Waals surface area contributed by atoms with Crippen LogP contribution in [0.3, 0.4) is 0 Å². The minimum atomic E-state index is -0.129. The molecule has 0 spiro atoms. The van der Waals surface area contributed by atoms with Gasteiger partial charge in [-0.2, -0.15) is 0 Å². The van der Waals surface area contributed by atoms with Crippen LogP contribution in [-0.2, 0) is 4.74 Å². The highest BCUT2D eigenvalue weighted by Gasteiger charge is 2.20. The molecule has 118 valence electrons. The second kappa shape index (κ2) is 9.80. The fourth-order valence-electron chi connectivity index (χ4n) is 2.48. The third kappa shape index (κ3) is 5.01. The quantitative estimate of drug-likeness (QED) is 0.354. The van der Waals surface area contributed by atoms with Gasteiger partial charge in [-0.3, -0.25) is 4.79 Å². The van der Waals surface area contributed by atoms with Gasteiger partial charge in [-0.1, -0.05) is 44.7 Å². The molecule has 0 fully saturated rings. The number of halogens is 1. The molecule has 21 heavy (non-hydrogen) atoms. The highest BCUT2D eigenvalue weighted by atomic mass is 35.5. The number of ether oxygens (including phenoxy) is 2. The van der Waals surface area contributed by atoms with E-state index in [-0.39, 0.29) is 17.8 Å². The lowest BCUT2D eigenvalue weighted by molar-refractivity contribution is 0.0902. The third-order valence-electron chi connectivity index (χ3n) is 3.62. The minimum Gasteiger partial charge on any atom is -0.496 e. The molecule has 0 heterocycles. The van der Waals surface area contributed by atoms with E-state index in [4.69, 9.17) is 21.1 Å². The zero-order valence-electron chi connectivity index (χ0n) is 13.2. The van der Waals surface area contributed by atoms with Gasteiger partial charge in [0.2, 0.25) is 0 Å². The predicted octanol–water partition coefficient (Wildman–Crippen LogP) is 4.77. The number of carbonyl (C=O) groups is 1. The Morgan fingerprint density at radius 3 is 2.57 bits per heavy atom. The van der Waals surface area contributed by atoms with Crippen molar-refractivity contribution in [2.75, 3.05) is 20.1 Å². The van der Waals surface area contributed by atoms with Crippen molar-refractivity contribution >= 4 is 17.4 Å². The van der Waals surface area contributed by atoms with Gasteiger partial charge in [-0.25, -0.2) is 0 Å². The van der Waals surface area contributed by atoms with Crippen molar-refractivity contribution in [3.63, 3.8) is 0 Å². The van der Waals surface area contributed by atoms with Crippen LogP contribution in [0.2, 0.25) is 0 Å². The summed E-state index contributed by atoms with van der Waals surface area (Å²) in [5.74, 6) is 0.412. The molecule has 0 aromatic heterocycles. The first kappa shape index (κ1) is 18.0. The van der Waals surface area contributed by atoms with Crippen molar-refractivity contribution < 1.29 is 14.3 Å². The molecule has 0 unspecified atom stereocenters. The number of para-hydroxylation sites is 1. The lowest BCUT2D eigenvalue weighted by Gasteiger charge is -2.20. The van der Waals surface area contributed by atoms with E-state index < -0.39 is 0 Å². The molecule has 1 aromatic carbocycles. The second-order valence-electron chi connectivity index (χ2n) is 5.06. The average Bonchev–Trinajstić information content (AvgIpc) is 2.53. The van der Waals surface area contributed by atoms with Gasteiger partial charge < -0.3 is 9.47 Å². The number of rotatable bonds is 10. The number of carbonyl (C=O) groups excluding carboxylic acids is 1. The summed E-state index contributed by atoms with van der Waals surface area (Å²) in [7, 11) is 3.27. The Hall–Kier alpha value is -1.06. The van der Waals surface area contributed by atoms with Gasteiger partial charge in [-0.15, -0.1) is 11.6 Å². The molecule has 0 saturated carbocycles. The SMILES string of the molecule is CCCCCC[C@H](OC)c1cccc(C(=O)CCl)c1OC. The van der Waals surface area contributed by atoms with Crippen LogP contribution in [0, 0.1) is 0 Å². The number of hydrogen-bond donors (Lipinski definition) is 0. The van der Waals surface area contributed by atoms with Gasteiger partial charge in [0.15, 0.2) is 5.78 Å². The molecule has 0 amide bonds. The van der Waals surface area contributed by atoms with Crippen LogP contribution in [0.5, 0.6) is 5.75 Å². The summed E-state index contributed by atoms with van der Waals surface area (Å²) in [4.78, 5) is 11.9. The Morgan fingerprint density at radius 1 is 1.24 bits per heavy atom. The van der Waals surface area contributed by atoms with Crippen LogP contribution in [0.25, 0.3) is 0 Å². The van der Waals surface area contributed by atoms with Crippen molar-refractivity contribution in [1.82, 2.24) is 0 Å². The molecule has 1 atom stereocenters. The maximum atomic E-state index is 11.9. The number of hydrogen-bond acceptors (Lipinski definition) is 3. The second-order valence-corrected chi connectivity index (χ2v) is 5.33. The smallest absolute Gasteiger partial charge is 0.181 e.